The van der Waals surface area contributed by atoms with E-state index in [1.165, 1.54) is 19.1 Å². The summed E-state index contributed by atoms with van der Waals surface area (Å²) in [6, 6.07) is 6.12. The summed E-state index contributed by atoms with van der Waals surface area (Å²) in [6.07, 6.45) is 0. The van der Waals surface area contributed by atoms with Crippen LogP contribution in [0.3, 0.4) is 0 Å². The van der Waals surface area contributed by atoms with Crippen LogP contribution in [0.5, 0.6) is 0 Å². The van der Waals surface area contributed by atoms with Crippen molar-refractivity contribution in [3.63, 3.8) is 0 Å². The van der Waals surface area contributed by atoms with E-state index in [9.17, 15) is 14.0 Å². The highest BCUT2D eigenvalue weighted by Crippen LogP contribution is 2.14. The zero-order valence-corrected chi connectivity index (χ0v) is 11.1. The van der Waals surface area contributed by atoms with E-state index in [2.05, 4.69) is 0 Å². The highest BCUT2D eigenvalue weighted by Gasteiger charge is 2.30. The SMILES string of the molecule is CC(=O)N1CC(=O)N(Cc2ccc(F)cc2)CC1C. The Hall–Kier alpha value is -1.91. The Bertz CT molecular complexity index is 487. The Morgan fingerprint density at radius 3 is 2.58 bits per heavy atom. The second-order valence-corrected chi connectivity index (χ2v) is 4.90. The second-order valence-electron chi connectivity index (χ2n) is 4.90. The quantitative estimate of drug-likeness (QED) is 0.810. The van der Waals surface area contributed by atoms with Crippen LogP contribution in [0.15, 0.2) is 24.3 Å². The minimum atomic E-state index is -0.287. The van der Waals surface area contributed by atoms with Crippen molar-refractivity contribution in [1.82, 2.24) is 9.80 Å². The van der Waals surface area contributed by atoms with Crippen LogP contribution in [0.4, 0.5) is 4.39 Å². The van der Waals surface area contributed by atoms with E-state index in [4.69, 9.17) is 0 Å². The van der Waals surface area contributed by atoms with Crippen LogP contribution in [-0.4, -0.2) is 40.7 Å². The first-order valence-electron chi connectivity index (χ1n) is 6.27. The largest absolute Gasteiger partial charge is 0.335 e. The number of rotatable bonds is 2. The summed E-state index contributed by atoms with van der Waals surface area (Å²) in [6.45, 7) is 4.48. The number of piperazine rings is 1. The van der Waals surface area contributed by atoms with Crippen molar-refractivity contribution >= 4 is 11.8 Å². The van der Waals surface area contributed by atoms with Crippen molar-refractivity contribution in [3.05, 3.63) is 35.6 Å². The van der Waals surface area contributed by atoms with E-state index in [1.54, 1.807) is 21.9 Å². The fraction of sp³-hybridized carbons (Fsp3) is 0.429. The normalized spacial score (nSPS) is 19.7. The molecule has 1 unspecified atom stereocenters. The molecule has 2 amide bonds. The average Bonchev–Trinajstić information content (AvgIpc) is 2.35. The van der Waals surface area contributed by atoms with Crippen LogP contribution < -0.4 is 0 Å². The summed E-state index contributed by atoms with van der Waals surface area (Å²) >= 11 is 0. The third kappa shape index (κ3) is 3.10. The lowest BCUT2D eigenvalue weighted by molar-refractivity contribution is -0.147. The highest BCUT2D eigenvalue weighted by molar-refractivity contribution is 5.85. The van der Waals surface area contributed by atoms with Gasteiger partial charge in [-0.25, -0.2) is 4.39 Å². The van der Waals surface area contributed by atoms with Gasteiger partial charge in [-0.2, -0.15) is 0 Å². The Morgan fingerprint density at radius 2 is 2.00 bits per heavy atom. The fourth-order valence-electron chi connectivity index (χ4n) is 2.31. The zero-order chi connectivity index (χ0) is 14.0. The van der Waals surface area contributed by atoms with Gasteiger partial charge in [-0.05, 0) is 24.6 Å². The first kappa shape index (κ1) is 13.5. The van der Waals surface area contributed by atoms with Crippen LogP contribution in [0.1, 0.15) is 19.4 Å². The molecule has 0 bridgehead atoms. The van der Waals surface area contributed by atoms with Gasteiger partial charge < -0.3 is 9.80 Å². The Balaban J connectivity index is 2.04. The van der Waals surface area contributed by atoms with Crippen molar-refractivity contribution in [2.75, 3.05) is 13.1 Å². The minimum absolute atomic E-state index is 0.00986. The van der Waals surface area contributed by atoms with Gasteiger partial charge in [-0.3, -0.25) is 9.59 Å². The molecule has 5 heteroatoms. The highest BCUT2D eigenvalue weighted by atomic mass is 19.1. The van der Waals surface area contributed by atoms with E-state index in [-0.39, 0.29) is 30.2 Å². The van der Waals surface area contributed by atoms with Crippen molar-refractivity contribution in [3.8, 4) is 0 Å². The van der Waals surface area contributed by atoms with Gasteiger partial charge in [-0.1, -0.05) is 12.1 Å². The third-order valence-electron chi connectivity index (χ3n) is 3.37. The first-order valence-corrected chi connectivity index (χ1v) is 6.27. The van der Waals surface area contributed by atoms with Gasteiger partial charge in [0.2, 0.25) is 11.8 Å². The lowest BCUT2D eigenvalue weighted by Crippen LogP contribution is -2.56. The second kappa shape index (κ2) is 5.38. The predicted octanol–water partition coefficient (Wildman–Crippen LogP) is 1.40. The van der Waals surface area contributed by atoms with E-state index in [0.717, 1.165) is 5.56 Å². The first-order chi connectivity index (χ1) is 8.97. The number of hydrogen-bond acceptors (Lipinski definition) is 2. The number of carbonyl (C=O) groups is 2. The molecule has 1 atom stereocenters. The minimum Gasteiger partial charge on any atom is -0.335 e. The summed E-state index contributed by atoms with van der Waals surface area (Å²) in [5.41, 5.74) is 0.887. The Kier molecular flexibility index (Phi) is 3.83. The molecule has 0 spiro atoms. The monoisotopic (exact) mass is 264 g/mol. The molecule has 1 aromatic carbocycles. The van der Waals surface area contributed by atoms with Gasteiger partial charge in [0, 0.05) is 26.1 Å². The van der Waals surface area contributed by atoms with E-state index in [0.29, 0.717) is 13.1 Å². The summed E-state index contributed by atoms with van der Waals surface area (Å²) in [5.74, 6) is -0.440. The molecule has 102 valence electrons. The molecular formula is C14H17FN2O2. The van der Waals surface area contributed by atoms with Crippen molar-refractivity contribution in [2.24, 2.45) is 0 Å². The smallest absolute Gasteiger partial charge is 0.242 e. The van der Waals surface area contributed by atoms with E-state index < -0.39 is 0 Å². The number of benzene rings is 1. The molecule has 0 saturated carbocycles. The molecule has 1 aliphatic rings. The van der Waals surface area contributed by atoms with Crippen molar-refractivity contribution in [1.29, 1.82) is 0 Å². The van der Waals surface area contributed by atoms with Crippen LogP contribution >= 0.6 is 0 Å². The summed E-state index contributed by atoms with van der Waals surface area (Å²) in [7, 11) is 0. The molecule has 0 radical (unpaired) electrons. The van der Waals surface area contributed by atoms with Crippen LogP contribution in [-0.2, 0) is 16.1 Å². The van der Waals surface area contributed by atoms with E-state index in [1.807, 2.05) is 6.92 Å². The van der Waals surface area contributed by atoms with Crippen molar-refractivity contribution < 1.29 is 14.0 Å². The maximum absolute atomic E-state index is 12.8. The lowest BCUT2D eigenvalue weighted by Gasteiger charge is -2.39. The molecule has 1 saturated heterocycles. The number of amides is 2. The topological polar surface area (TPSA) is 40.6 Å². The molecule has 2 rings (SSSR count). The molecule has 4 nitrogen and oxygen atoms in total. The molecule has 1 aliphatic heterocycles. The number of nitrogens with zero attached hydrogens (tertiary/aromatic N) is 2. The van der Waals surface area contributed by atoms with E-state index >= 15 is 0 Å². The Labute approximate surface area is 111 Å². The molecule has 19 heavy (non-hydrogen) atoms. The maximum Gasteiger partial charge on any atom is 0.242 e. The van der Waals surface area contributed by atoms with Gasteiger partial charge >= 0.3 is 0 Å². The van der Waals surface area contributed by atoms with Crippen LogP contribution in [0.25, 0.3) is 0 Å². The summed E-state index contributed by atoms with van der Waals surface area (Å²) in [5, 5.41) is 0. The van der Waals surface area contributed by atoms with Gasteiger partial charge in [0.05, 0.1) is 0 Å². The molecule has 1 heterocycles. The molecule has 0 N–H and O–H groups in total. The van der Waals surface area contributed by atoms with Gasteiger partial charge in [0.15, 0.2) is 0 Å². The lowest BCUT2D eigenvalue weighted by atomic mass is 10.1. The van der Waals surface area contributed by atoms with Crippen molar-refractivity contribution in [2.45, 2.75) is 26.4 Å². The van der Waals surface area contributed by atoms with Gasteiger partial charge in [0.25, 0.3) is 0 Å². The number of carbonyl (C=O) groups excluding carboxylic acids is 2. The fourth-order valence-corrected chi connectivity index (χ4v) is 2.31. The number of hydrogen-bond donors (Lipinski definition) is 0. The third-order valence-corrected chi connectivity index (χ3v) is 3.37. The zero-order valence-electron chi connectivity index (χ0n) is 11.1. The summed E-state index contributed by atoms with van der Waals surface area (Å²) < 4.78 is 12.8. The maximum atomic E-state index is 12.8. The predicted molar refractivity (Wildman–Crippen MR) is 68.7 cm³/mol. The van der Waals surface area contributed by atoms with Crippen LogP contribution in [0.2, 0.25) is 0 Å². The average molecular weight is 264 g/mol. The molecule has 0 aliphatic carbocycles. The molecule has 0 aromatic heterocycles. The summed E-state index contributed by atoms with van der Waals surface area (Å²) in [4.78, 5) is 26.6. The molecule has 1 fully saturated rings. The number of halogens is 1. The molecular weight excluding hydrogens is 247 g/mol. The van der Waals surface area contributed by atoms with Gasteiger partial charge in [-0.15, -0.1) is 0 Å². The standard InChI is InChI=1S/C14H17FN2O2/c1-10-7-16(14(19)9-17(10)11(2)18)8-12-3-5-13(15)6-4-12/h3-6,10H,7-9H2,1-2H3. The van der Waals surface area contributed by atoms with Crippen LogP contribution in [0, 0.1) is 5.82 Å². The molecule has 1 aromatic rings. The van der Waals surface area contributed by atoms with Gasteiger partial charge in [0.1, 0.15) is 12.4 Å². The Morgan fingerprint density at radius 1 is 1.37 bits per heavy atom.